The van der Waals surface area contributed by atoms with Gasteiger partial charge in [0.15, 0.2) is 0 Å². The number of rotatable bonds is 5. The third-order valence-corrected chi connectivity index (χ3v) is 1.96. The fourth-order valence-corrected chi connectivity index (χ4v) is 1.24. The lowest BCUT2D eigenvalue weighted by Gasteiger charge is -2.24. The van der Waals surface area contributed by atoms with Gasteiger partial charge in [-0.3, -0.25) is 0 Å². The number of alkyl halides is 3. The van der Waals surface area contributed by atoms with Gasteiger partial charge in [0.1, 0.15) is 6.04 Å². The highest BCUT2D eigenvalue weighted by molar-refractivity contribution is 4.77. The van der Waals surface area contributed by atoms with Crippen LogP contribution in [0.15, 0.2) is 0 Å². The number of hydrogen-bond acceptors (Lipinski definition) is 1. The Hall–Kier alpha value is -0.250. The van der Waals surface area contributed by atoms with Crippen molar-refractivity contribution in [2.45, 2.75) is 58.8 Å². The van der Waals surface area contributed by atoms with Crippen LogP contribution in [0.5, 0.6) is 0 Å². The standard InChI is InChI=1S/C10H20F3N/c1-7(2)5-6-9(10(11,12)13)14-8(3)4/h7-9,14H,5-6H2,1-4H3/t9-/m0/s1. The van der Waals surface area contributed by atoms with Crippen LogP contribution in [0.3, 0.4) is 0 Å². The molecule has 0 saturated carbocycles. The first-order chi connectivity index (χ1) is 6.23. The van der Waals surface area contributed by atoms with E-state index >= 15 is 0 Å². The zero-order valence-electron chi connectivity index (χ0n) is 9.28. The highest BCUT2D eigenvalue weighted by atomic mass is 19.4. The van der Waals surface area contributed by atoms with E-state index in [0.29, 0.717) is 12.3 Å². The SMILES string of the molecule is CC(C)CC[C@H](NC(C)C)C(F)(F)F. The van der Waals surface area contributed by atoms with Crippen LogP contribution in [0.1, 0.15) is 40.5 Å². The maximum Gasteiger partial charge on any atom is 0.403 e. The van der Waals surface area contributed by atoms with Gasteiger partial charge in [0, 0.05) is 6.04 Å². The molecule has 0 aliphatic carbocycles. The van der Waals surface area contributed by atoms with Crippen LogP contribution in [0, 0.1) is 5.92 Å². The van der Waals surface area contributed by atoms with Crippen molar-refractivity contribution in [3.63, 3.8) is 0 Å². The number of hydrogen-bond donors (Lipinski definition) is 1. The molecule has 0 saturated heterocycles. The summed E-state index contributed by atoms with van der Waals surface area (Å²) in [7, 11) is 0. The summed E-state index contributed by atoms with van der Waals surface area (Å²) in [5, 5.41) is 2.55. The van der Waals surface area contributed by atoms with Crippen molar-refractivity contribution in [3.05, 3.63) is 0 Å². The normalized spacial score (nSPS) is 15.2. The summed E-state index contributed by atoms with van der Waals surface area (Å²) in [4.78, 5) is 0. The van der Waals surface area contributed by atoms with Crippen molar-refractivity contribution in [1.29, 1.82) is 0 Å². The fraction of sp³-hybridized carbons (Fsp3) is 1.00. The molecular weight excluding hydrogens is 191 g/mol. The summed E-state index contributed by atoms with van der Waals surface area (Å²) in [6.07, 6.45) is -3.36. The van der Waals surface area contributed by atoms with Crippen LogP contribution in [0.25, 0.3) is 0 Å². The minimum atomic E-state index is -4.13. The second-order valence-corrected chi connectivity index (χ2v) is 4.39. The monoisotopic (exact) mass is 211 g/mol. The van der Waals surface area contributed by atoms with Gasteiger partial charge in [0.05, 0.1) is 0 Å². The van der Waals surface area contributed by atoms with E-state index in [9.17, 15) is 13.2 Å². The molecule has 0 unspecified atom stereocenters. The summed E-state index contributed by atoms with van der Waals surface area (Å²) in [5.41, 5.74) is 0. The van der Waals surface area contributed by atoms with Crippen LogP contribution in [-0.2, 0) is 0 Å². The summed E-state index contributed by atoms with van der Waals surface area (Å²) in [6, 6.07) is -1.49. The Balaban J connectivity index is 4.12. The van der Waals surface area contributed by atoms with Crippen molar-refractivity contribution >= 4 is 0 Å². The first-order valence-electron chi connectivity index (χ1n) is 5.06. The van der Waals surface area contributed by atoms with Crippen molar-refractivity contribution in [3.8, 4) is 0 Å². The van der Waals surface area contributed by atoms with Crippen molar-refractivity contribution in [2.75, 3.05) is 0 Å². The smallest absolute Gasteiger partial charge is 0.304 e. The second kappa shape index (κ2) is 5.59. The minimum Gasteiger partial charge on any atom is -0.304 e. The van der Waals surface area contributed by atoms with Gasteiger partial charge in [-0.15, -0.1) is 0 Å². The van der Waals surface area contributed by atoms with Crippen LogP contribution in [0.4, 0.5) is 13.2 Å². The second-order valence-electron chi connectivity index (χ2n) is 4.39. The highest BCUT2D eigenvalue weighted by Gasteiger charge is 2.39. The zero-order chi connectivity index (χ0) is 11.4. The highest BCUT2D eigenvalue weighted by Crippen LogP contribution is 2.25. The molecule has 0 aromatic carbocycles. The van der Waals surface area contributed by atoms with Crippen LogP contribution in [-0.4, -0.2) is 18.3 Å². The summed E-state index contributed by atoms with van der Waals surface area (Å²) in [5.74, 6) is 0.314. The molecule has 14 heavy (non-hydrogen) atoms. The molecule has 0 radical (unpaired) electrons. The van der Waals surface area contributed by atoms with E-state index in [2.05, 4.69) is 5.32 Å². The largest absolute Gasteiger partial charge is 0.403 e. The predicted octanol–water partition coefficient (Wildman–Crippen LogP) is 3.35. The van der Waals surface area contributed by atoms with Gasteiger partial charge in [0.25, 0.3) is 0 Å². The number of halogens is 3. The molecule has 4 heteroatoms. The maximum absolute atomic E-state index is 12.5. The summed E-state index contributed by atoms with van der Waals surface area (Å²) >= 11 is 0. The number of nitrogens with one attached hydrogen (secondary N) is 1. The molecular formula is C10H20F3N. The lowest BCUT2D eigenvalue weighted by atomic mass is 10.0. The Labute approximate surface area is 84.1 Å². The van der Waals surface area contributed by atoms with Crippen LogP contribution in [0.2, 0.25) is 0 Å². The Morgan fingerprint density at radius 1 is 1.00 bits per heavy atom. The van der Waals surface area contributed by atoms with Gasteiger partial charge in [-0.1, -0.05) is 27.7 Å². The molecule has 0 aliphatic heterocycles. The minimum absolute atomic E-state index is 0.131. The summed E-state index contributed by atoms with van der Waals surface area (Å²) in [6.45, 7) is 7.33. The van der Waals surface area contributed by atoms with E-state index in [0.717, 1.165) is 0 Å². The maximum atomic E-state index is 12.5. The van der Waals surface area contributed by atoms with E-state index in [-0.39, 0.29) is 12.5 Å². The van der Waals surface area contributed by atoms with Crippen molar-refractivity contribution in [1.82, 2.24) is 5.32 Å². The average molecular weight is 211 g/mol. The van der Waals surface area contributed by atoms with Gasteiger partial charge >= 0.3 is 6.18 Å². The lowest BCUT2D eigenvalue weighted by Crippen LogP contribution is -2.45. The summed E-state index contributed by atoms with van der Waals surface area (Å²) < 4.78 is 37.4. The van der Waals surface area contributed by atoms with E-state index in [1.54, 1.807) is 13.8 Å². The Morgan fingerprint density at radius 3 is 1.79 bits per heavy atom. The molecule has 0 aliphatic rings. The molecule has 0 aromatic rings. The Bertz CT molecular complexity index is 152. The molecule has 0 fully saturated rings. The molecule has 0 heterocycles. The molecule has 0 spiro atoms. The van der Waals surface area contributed by atoms with Gasteiger partial charge in [-0.2, -0.15) is 13.2 Å². The van der Waals surface area contributed by atoms with Crippen molar-refractivity contribution in [2.24, 2.45) is 5.92 Å². The molecule has 1 nitrogen and oxygen atoms in total. The molecule has 0 rings (SSSR count). The van der Waals surface area contributed by atoms with E-state index in [4.69, 9.17) is 0 Å². The van der Waals surface area contributed by atoms with Gasteiger partial charge in [-0.25, -0.2) is 0 Å². The molecule has 1 atom stereocenters. The van der Waals surface area contributed by atoms with Gasteiger partial charge in [-0.05, 0) is 18.8 Å². The topological polar surface area (TPSA) is 12.0 Å². The van der Waals surface area contributed by atoms with Gasteiger partial charge in [0.2, 0.25) is 0 Å². The first kappa shape index (κ1) is 13.8. The van der Waals surface area contributed by atoms with E-state index < -0.39 is 12.2 Å². The van der Waals surface area contributed by atoms with E-state index in [1.165, 1.54) is 0 Å². The Morgan fingerprint density at radius 2 is 1.50 bits per heavy atom. The Kier molecular flexibility index (Phi) is 5.49. The van der Waals surface area contributed by atoms with Crippen molar-refractivity contribution < 1.29 is 13.2 Å². The predicted molar refractivity (Wildman–Crippen MR) is 52.2 cm³/mol. The molecule has 0 amide bonds. The van der Waals surface area contributed by atoms with E-state index in [1.807, 2.05) is 13.8 Å². The molecule has 0 bridgehead atoms. The van der Waals surface area contributed by atoms with Crippen LogP contribution >= 0.6 is 0 Å². The quantitative estimate of drug-likeness (QED) is 0.735. The third kappa shape index (κ3) is 6.24. The molecule has 86 valence electrons. The van der Waals surface area contributed by atoms with Gasteiger partial charge < -0.3 is 5.32 Å². The van der Waals surface area contributed by atoms with Crippen LogP contribution < -0.4 is 5.32 Å². The zero-order valence-corrected chi connectivity index (χ0v) is 9.28. The fourth-order valence-electron chi connectivity index (χ4n) is 1.24. The lowest BCUT2D eigenvalue weighted by molar-refractivity contribution is -0.159. The molecule has 1 N–H and O–H groups in total. The third-order valence-electron chi connectivity index (χ3n) is 1.96. The first-order valence-corrected chi connectivity index (χ1v) is 5.06. The average Bonchev–Trinajstić information content (AvgIpc) is 1.94. The molecule has 0 aromatic heterocycles.